The fraction of sp³-hybridized carbons (Fsp3) is 0.280. The van der Waals surface area contributed by atoms with E-state index in [0.29, 0.717) is 35.1 Å². The number of ether oxygens (including phenoxy) is 2. The Bertz CT molecular complexity index is 1070. The second kappa shape index (κ2) is 7.02. The van der Waals surface area contributed by atoms with Crippen molar-refractivity contribution in [2.75, 3.05) is 6.61 Å². The van der Waals surface area contributed by atoms with Crippen LogP contribution in [-0.4, -0.2) is 22.9 Å². The first-order valence-electron chi connectivity index (χ1n) is 10.2. The Kier molecular flexibility index (Phi) is 4.55. The predicted octanol–water partition coefficient (Wildman–Crippen LogP) is 4.76. The maximum atomic E-state index is 12.1. The Hall–Kier alpha value is -2.53. The van der Waals surface area contributed by atoms with Gasteiger partial charge in [-0.3, -0.25) is 0 Å². The highest BCUT2D eigenvalue weighted by Crippen LogP contribution is 2.66. The summed E-state index contributed by atoms with van der Waals surface area (Å²) in [6.07, 6.45) is -0.631. The molecule has 30 heavy (non-hydrogen) atoms. The number of benzene rings is 3. The van der Waals surface area contributed by atoms with Crippen LogP contribution in [0, 0.1) is 0 Å². The van der Waals surface area contributed by atoms with Gasteiger partial charge < -0.3 is 19.7 Å². The molecular weight excluding hydrogens is 400 g/mol. The molecule has 4 atom stereocenters. The van der Waals surface area contributed by atoms with Crippen molar-refractivity contribution in [2.24, 2.45) is 0 Å². The van der Waals surface area contributed by atoms with E-state index in [4.69, 9.17) is 21.1 Å². The summed E-state index contributed by atoms with van der Waals surface area (Å²) in [5, 5.41) is 23.9. The van der Waals surface area contributed by atoms with E-state index in [1.54, 1.807) is 24.3 Å². The molecule has 1 heterocycles. The third kappa shape index (κ3) is 2.54. The molecule has 0 aromatic heterocycles. The quantitative estimate of drug-likeness (QED) is 0.636. The van der Waals surface area contributed by atoms with Crippen LogP contribution in [0.1, 0.15) is 36.0 Å². The molecule has 0 bridgehead atoms. The molecule has 2 N–H and O–H groups in total. The second-order valence-electron chi connectivity index (χ2n) is 7.92. The average Bonchev–Trinajstić information content (AvgIpc) is 3.15. The monoisotopic (exact) mass is 422 g/mol. The van der Waals surface area contributed by atoms with E-state index in [1.807, 2.05) is 55.5 Å². The van der Waals surface area contributed by atoms with Crippen LogP contribution in [0.4, 0.5) is 0 Å². The third-order valence-corrected chi connectivity index (χ3v) is 6.67. The Labute approximate surface area is 180 Å². The molecule has 0 amide bonds. The third-order valence-electron chi connectivity index (χ3n) is 6.42. The number of rotatable bonds is 4. The van der Waals surface area contributed by atoms with E-state index in [-0.39, 0.29) is 5.92 Å². The first-order chi connectivity index (χ1) is 14.5. The minimum absolute atomic E-state index is 0.261. The number of aliphatic hydroxyl groups excluding tert-OH is 1. The normalized spacial score (nSPS) is 29.2. The Balaban J connectivity index is 1.75. The molecule has 0 radical (unpaired) electrons. The summed E-state index contributed by atoms with van der Waals surface area (Å²) in [6, 6.07) is 22.6. The van der Waals surface area contributed by atoms with Gasteiger partial charge in [0.15, 0.2) is 11.2 Å². The van der Waals surface area contributed by atoms with E-state index >= 15 is 0 Å². The molecule has 2 aliphatic rings. The molecule has 0 spiro atoms. The minimum Gasteiger partial charge on any atom is -0.494 e. The molecule has 5 heteroatoms. The van der Waals surface area contributed by atoms with Gasteiger partial charge >= 0.3 is 0 Å². The van der Waals surface area contributed by atoms with Gasteiger partial charge in [-0.25, -0.2) is 0 Å². The van der Waals surface area contributed by atoms with Gasteiger partial charge in [0.2, 0.25) is 0 Å². The molecule has 0 saturated heterocycles. The van der Waals surface area contributed by atoms with Gasteiger partial charge in [-0.05, 0) is 48.7 Å². The molecule has 0 unspecified atom stereocenters. The maximum absolute atomic E-state index is 12.1. The van der Waals surface area contributed by atoms with Crippen LogP contribution in [0.15, 0.2) is 72.8 Å². The largest absolute Gasteiger partial charge is 0.494 e. The van der Waals surface area contributed by atoms with E-state index in [2.05, 4.69) is 0 Å². The lowest BCUT2D eigenvalue weighted by molar-refractivity contribution is -0.149. The van der Waals surface area contributed by atoms with Crippen molar-refractivity contribution in [3.63, 3.8) is 0 Å². The highest BCUT2D eigenvalue weighted by atomic mass is 35.5. The van der Waals surface area contributed by atoms with Crippen LogP contribution >= 0.6 is 11.6 Å². The molecule has 1 aliphatic carbocycles. The Morgan fingerprint density at radius 1 is 1.07 bits per heavy atom. The first-order valence-corrected chi connectivity index (χ1v) is 10.6. The minimum atomic E-state index is -1.61. The molecule has 3 aromatic rings. The number of hydrogen-bond donors (Lipinski definition) is 2. The lowest BCUT2D eigenvalue weighted by atomic mass is 9.71. The number of halogens is 1. The summed E-state index contributed by atoms with van der Waals surface area (Å²) in [5.74, 6) is 0.928. The fourth-order valence-corrected chi connectivity index (χ4v) is 5.29. The predicted molar refractivity (Wildman–Crippen MR) is 115 cm³/mol. The number of hydrogen-bond acceptors (Lipinski definition) is 4. The molecule has 1 fully saturated rings. The Morgan fingerprint density at radius 3 is 2.50 bits per heavy atom. The molecular formula is C25H23ClO4. The standard InChI is InChI=1S/C25H23ClO4/c1-2-29-19-12-13-20-22(14-19)30-25(17-8-10-18(26)11-9-17)21(15-23(27)24(20,25)28)16-6-4-3-5-7-16/h3-14,21,23,27-28H,2,15H2,1H3/t21-,23+,24-,25-/m1/s1. The van der Waals surface area contributed by atoms with Crippen molar-refractivity contribution in [3.8, 4) is 11.5 Å². The van der Waals surface area contributed by atoms with Crippen molar-refractivity contribution < 1.29 is 19.7 Å². The lowest BCUT2D eigenvalue weighted by Gasteiger charge is -2.40. The summed E-state index contributed by atoms with van der Waals surface area (Å²) in [5.41, 5.74) is -0.450. The van der Waals surface area contributed by atoms with Gasteiger partial charge in [0.1, 0.15) is 11.5 Å². The van der Waals surface area contributed by atoms with E-state index in [1.165, 1.54) is 0 Å². The number of aliphatic hydroxyl groups is 2. The zero-order valence-corrected chi connectivity index (χ0v) is 17.3. The van der Waals surface area contributed by atoms with Crippen LogP contribution in [0.3, 0.4) is 0 Å². The van der Waals surface area contributed by atoms with Crippen LogP contribution in [-0.2, 0) is 11.2 Å². The van der Waals surface area contributed by atoms with E-state index in [9.17, 15) is 10.2 Å². The summed E-state index contributed by atoms with van der Waals surface area (Å²) in [4.78, 5) is 0. The summed E-state index contributed by atoms with van der Waals surface area (Å²) >= 11 is 6.15. The molecule has 5 rings (SSSR count). The maximum Gasteiger partial charge on any atom is 0.176 e. The van der Waals surface area contributed by atoms with Crippen LogP contribution in [0.2, 0.25) is 5.02 Å². The second-order valence-corrected chi connectivity index (χ2v) is 8.35. The fourth-order valence-electron chi connectivity index (χ4n) is 5.17. The zero-order valence-electron chi connectivity index (χ0n) is 16.6. The molecule has 1 aliphatic heterocycles. The highest BCUT2D eigenvalue weighted by molar-refractivity contribution is 6.30. The number of fused-ring (bicyclic) bond motifs is 3. The van der Waals surface area contributed by atoms with Crippen LogP contribution < -0.4 is 9.47 Å². The summed E-state index contributed by atoms with van der Waals surface area (Å²) in [7, 11) is 0. The lowest BCUT2D eigenvalue weighted by Crippen LogP contribution is -2.51. The van der Waals surface area contributed by atoms with Crippen molar-refractivity contribution in [3.05, 3.63) is 94.5 Å². The van der Waals surface area contributed by atoms with Gasteiger partial charge in [0, 0.05) is 22.6 Å². The van der Waals surface area contributed by atoms with Crippen LogP contribution in [0.5, 0.6) is 11.5 Å². The molecule has 3 aromatic carbocycles. The van der Waals surface area contributed by atoms with E-state index in [0.717, 1.165) is 11.1 Å². The average molecular weight is 423 g/mol. The van der Waals surface area contributed by atoms with Crippen LogP contribution in [0.25, 0.3) is 0 Å². The topological polar surface area (TPSA) is 58.9 Å². The summed E-state index contributed by atoms with van der Waals surface area (Å²) in [6.45, 7) is 2.45. The van der Waals surface area contributed by atoms with Crippen molar-refractivity contribution in [1.82, 2.24) is 0 Å². The van der Waals surface area contributed by atoms with Gasteiger partial charge in [0.25, 0.3) is 0 Å². The highest BCUT2D eigenvalue weighted by Gasteiger charge is 2.72. The molecule has 1 saturated carbocycles. The zero-order chi connectivity index (χ0) is 20.9. The summed E-state index contributed by atoms with van der Waals surface area (Å²) < 4.78 is 12.3. The van der Waals surface area contributed by atoms with Gasteiger partial charge in [-0.1, -0.05) is 54.1 Å². The van der Waals surface area contributed by atoms with Gasteiger partial charge in [-0.15, -0.1) is 0 Å². The van der Waals surface area contributed by atoms with Crippen molar-refractivity contribution in [2.45, 2.75) is 36.6 Å². The molecule has 154 valence electrons. The van der Waals surface area contributed by atoms with Gasteiger partial charge in [-0.2, -0.15) is 0 Å². The smallest absolute Gasteiger partial charge is 0.176 e. The van der Waals surface area contributed by atoms with Crippen molar-refractivity contribution >= 4 is 11.6 Å². The first kappa shape index (κ1) is 19.4. The van der Waals surface area contributed by atoms with Gasteiger partial charge in [0.05, 0.1) is 12.7 Å². The Morgan fingerprint density at radius 2 is 1.80 bits per heavy atom. The van der Waals surface area contributed by atoms with Crippen molar-refractivity contribution in [1.29, 1.82) is 0 Å². The SMILES string of the molecule is CCOc1ccc2c(c1)O[C@]1(c3ccc(Cl)cc3)[C@@H](c3ccccc3)C[C@H](O)[C@]21O. The molecule has 4 nitrogen and oxygen atoms in total. The van der Waals surface area contributed by atoms with E-state index < -0.39 is 17.3 Å².